The van der Waals surface area contributed by atoms with Crippen LogP contribution in [0.2, 0.25) is 0 Å². The minimum Gasteiger partial charge on any atom is -0.388 e. The Morgan fingerprint density at radius 3 is 2.37 bits per heavy atom. The first-order chi connectivity index (χ1) is 9.27. The summed E-state index contributed by atoms with van der Waals surface area (Å²) >= 11 is 0. The Kier molecular flexibility index (Phi) is 3.52. The van der Waals surface area contributed by atoms with Crippen LogP contribution in [0.3, 0.4) is 0 Å². The van der Waals surface area contributed by atoms with Gasteiger partial charge in [-0.3, -0.25) is 0 Å². The predicted molar refractivity (Wildman–Crippen MR) is 75.4 cm³/mol. The summed E-state index contributed by atoms with van der Waals surface area (Å²) in [7, 11) is 0. The lowest BCUT2D eigenvalue weighted by Crippen LogP contribution is -2.16. The number of hydrogen-bond donors (Lipinski definition) is 1. The van der Waals surface area contributed by atoms with Gasteiger partial charge in [-0.05, 0) is 35.8 Å². The number of hydrogen-bond acceptors (Lipinski definition) is 1. The molecule has 2 heteroatoms. The van der Waals surface area contributed by atoms with Gasteiger partial charge < -0.3 is 5.11 Å². The fraction of sp³-hybridized carbons (Fsp3) is 0.412. The molecule has 0 amide bonds. The fourth-order valence-electron chi connectivity index (χ4n) is 3.25. The van der Waals surface area contributed by atoms with Crippen molar-refractivity contribution in [3.8, 4) is 0 Å². The van der Waals surface area contributed by atoms with Gasteiger partial charge in [0.1, 0.15) is 5.82 Å². The lowest BCUT2D eigenvalue weighted by molar-refractivity contribution is 0.0860. The molecule has 100 valence electrons. The Morgan fingerprint density at radius 1 is 0.947 bits per heavy atom. The lowest BCUT2D eigenvalue weighted by atomic mass is 9.81. The first kappa shape index (κ1) is 12.6. The molecule has 0 radical (unpaired) electrons. The minimum absolute atomic E-state index is 0.213. The summed E-state index contributed by atoms with van der Waals surface area (Å²) in [6, 6.07) is 10.6. The molecule has 1 fully saturated rings. The van der Waals surface area contributed by atoms with Crippen molar-refractivity contribution in [1.29, 1.82) is 0 Å². The van der Waals surface area contributed by atoms with Crippen molar-refractivity contribution in [2.75, 3.05) is 0 Å². The number of aliphatic hydroxyl groups excluding tert-OH is 1. The molecule has 1 aliphatic rings. The minimum atomic E-state index is -0.467. The molecular formula is C17H19FO. The Bertz CT molecular complexity index is 572. The second-order valence-electron chi connectivity index (χ2n) is 5.53. The van der Waals surface area contributed by atoms with Crippen LogP contribution in [0.15, 0.2) is 36.4 Å². The van der Waals surface area contributed by atoms with Gasteiger partial charge in [0.15, 0.2) is 0 Å². The molecule has 2 aromatic rings. The molecule has 3 rings (SSSR count). The Hall–Kier alpha value is -1.41. The summed E-state index contributed by atoms with van der Waals surface area (Å²) in [6.45, 7) is 0. The standard InChI is InChI=1S/C17H19FO/c18-16-11-10-15(13-8-4-5-9-14(13)16)17(19)12-6-2-1-3-7-12/h4-5,8-12,17,19H,1-3,6-7H2. The molecule has 1 aliphatic carbocycles. The van der Waals surface area contributed by atoms with E-state index in [0.717, 1.165) is 23.8 Å². The highest BCUT2D eigenvalue weighted by molar-refractivity contribution is 5.86. The topological polar surface area (TPSA) is 20.2 Å². The molecule has 0 bridgehead atoms. The molecule has 1 saturated carbocycles. The molecule has 0 aromatic heterocycles. The summed E-state index contributed by atoms with van der Waals surface area (Å²) in [5, 5.41) is 12.1. The molecule has 0 heterocycles. The number of halogens is 1. The zero-order valence-electron chi connectivity index (χ0n) is 11.0. The van der Waals surface area contributed by atoms with Crippen molar-refractivity contribution in [3.63, 3.8) is 0 Å². The van der Waals surface area contributed by atoms with Crippen molar-refractivity contribution in [2.24, 2.45) is 5.92 Å². The van der Waals surface area contributed by atoms with E-state index >= 15 is 0 Å². The first-order valence-electron chi connectivity index (χ1n) is 7.12. The number of rotatable bonds is 2. The van der Waals surface area contributed by atoms with E-state index in [4.69, 9.17) is 0 Å². The highest BCUT2D eigenvalue weighted by atomic mass is 19.1. The van der Waals surface area contributed by atoms with Gasteiger partial charge in [-0.2, -0.15) is 0 Å². The van der Waals surface area contributed by atoms with Crippen LogP contribution in [0.25, 0.3) is 10.8 Å². The average Bonchev–Trinajstić information content (AvgIpc) is 2.48. The van der Waals surface area contributed by atoms with Crippen LogP contribution in [-0.2, 0) is 0 Å². The van der Waals surface area contributed by atoms with E-state index in [0.29, 0.717) is 11.3 Å². The third-order valence-electron chi connectivity index (χ3n) is 4.32. The molecule has 1 nitrogen and oxygen atoms in total. The lowest BCUT2D eigenvalue weighted by Gasteiger charge is -2.27. The van der Waals surface area contributed by atoms with Crippen LogP contribution in [0.5, 0.6) is 0 Å². The SMILES string of the molecule is OC(c1ccc(F)c2ccccc12)C1CCCCC1. The van der Waals surface area contributed by atoms with Gasteiger partial charge in [0.2, 0.25) is 0 Å². The van der Waals surface area contributed by atoms with Crippen molar-refractivity contribution >= 4 is 10.8 Å². The maximum Gasteiger partial charge on any atom is 0.131 e. The molecule has 0 spiro atoms. The molecule has 1 atom stereocenters. The highest BCUT2D eigenvalue weighted by Crippen LogP contribution is 2.37. The summed E-state index contributed by atoms with van der Waals surface area (Å²) in [5.41, 5.74) is 0.879. The van der Waals surface area contributed by atoms with E-state index in [1.165, 1.54) is 25.3 Å². The van der Waals surface area contributed by atoms with E-state index in [9.17, 15) is 9.50 Å². The van der Waals surface area contributed by atoms with E-state index in [1.54, 1.807) is 12.1 Å². The monoisotopic (exact) mass is 258 g/mol. The Labute approximate surface area is 113 Å². The van der Waals surface area contributed by atoms with Crippen molar-refractivity contribution in [3.05, 3.63) is 47.8 Å². The van der Waals surface area contributed by atoms with Crippen LogP contribution in [-0.4, -0.2) is 5.11 Å². The third-order valence-corrected chi connectivity index (χ3v) is 4.32. The van der Waals surface area contributed by atoms with Gasteiger partial charge in [0, 0.05) is 5.39 Å². The Balaban J connectivity index is 2.02. The molecule has 2 aromatic carbocycles. The smallest absolute Gasteiger partial charge is 0.131 e. The first-order valence-corrected chi connectivity index (χ1v) is 7.12. The molecule has 1 N–H and O–H groups in total. The van der Waals surface area contributed by atoms with Crippen molar-refractivity contribution < 1.29 is 9.50 Å². The van der Waals surface area contributed by atoms with Gasteiger partial charge in [-0.15, -0.1) is 0 Å². The molecule has 0 aliphatic heterocycles. The predicted octanol–water partition coefficient (Wildman–Crippen LogP) is 4.59. The number of aliphatic hydroxyl groups is 1. The quantitative estimate of drug-likeness (QED) is 0.835. The molecular weight excluding hydrogens is 239 g/mol. The van der Waals surface area contributed by atoms with E-state index in [2.05, 4.69) is 0 Å². The normalized spacial score (nSPS) is 18.6. The van der Waals surface area contributed by atoms with Gasteiger partial charge in [-0.1, -0.05) is 49.6 Å². The zero-order valence-corrected chi connectivity index (χ0v) is 11.0. The van der Waals surface area contributed by atoms with Crippen LogP contribution in [0.4, 0.5) is 4.39 Å². The highest BCUT2D eigenvalue weighted by Gasteiger charge is 2.24. The van der Waals surface area contributed by atoms with Crippen LogP contribution in [0, 0.1) is 11.7 Å². The van der Waals surface area contributed by atoms with E-state index in [-0.39, 0.29) is 5.82 Å². The molecule has 19 heavy (non-hydrogen) atoms. The number of benzene rings is 2. The van der Waals surface area contributed by atoms with Crippen LogP contribution in [0.1, 0.15) is 43.8 Å². The summed E-state index contributed by atoms with van der Waals surface area (Å²) < 4.78 is 13.8. The summed E-state index contributed by atoms with van der Waals surface area (Å²) in [5.74, 6) is 0.109. The van der Waals surface area contributed by atoms with E-state index in [1.807, 2.05) is 18.2 Å². The van der Waals surface area contributed by atoms with E-state index < -0.39 is 6.10 Å². The second kappa shape index (κ2) is 5.30. The fourth-order valence-corrected chi connectivity index (χ4v) is 3.25. The zero-order chi connectivity index (χ0) is 13.2. The summed E-state index contributed by atoms with van der Waals surface area (Å²) in [6.07, 6.45) is 5.35. The second-order valence-corrected chi connectivity index (χ2v) is 5.53. The molecule has 0 saturated heterocycles. The van der Waals surface area contributed by atoms with Gasteiger partial charge in [0.25, 0.3) is 0 Å². The van der Waals surface area contributed by atoms with Gasteiger partial charge in [-0.25, -0.2) is 4.39 Å². The van der Waals surface area contributed by atoms with Crippen molar-refractivity contribution in [1.82, 2.24) is 0 Å². The Morgan fingerprint density at radius 2 is 1.63 bits per heavy atom. The maximum absolute atomic E-state index is 13.8. The van der Waals surface area contributed by atoms with Crippen molar-refractivity contribution in [2.45, 2.75) is 38.2 Å². The average molecular weight is 258 g/mol. The van der Waals surface area contributed by atoms with Gasteiger partial charge >= 0.3 is 0 Å². The van der Waals surface area contributed by atoms with Crippen LogP contribution >= 0.6 is 0 Å². The largest absolute Gasteiger partial charge is 0.388 e. The summed E-state index contributed by atoms with van der Waals surface area (Å²) in [4.78, 5) is 0. The third kappa shape index (κ3) is 2.37. The molecule has 1 unspecified atom stereocenters. The number of fused-ring (bicyclic) bond motifs is 1. The van der Waals surface area contributed by atoms with Crippen LogP contribution < -0.4 is 0 Å². The van der Waals surface area contributed by atoms with Gasteiger partial charge in [0.05, 0.1) is 6.10 Å². The maximum atomic E-state index is 13.8.